The van der Waals surface area contributed by atoms with Crippen LogP contribution in [0.25, 0.3) is 0 Å². The molecule has 5 nitrogen and oxygen atoms in total. The number of hydrogen-bond donors (Lipinski definition) is 2. The Labute approximate surface area is 125 Å². The summed E-state index contributed by atoms with van der Waals surface area (Å²) < 4.78 is 0.719. The van der Waals surface area contributed by atoms with Crippen LogP contribution in [-0.4, -0.2) is 28.1 Å². The van der Waals surface area contributed by atoms with Crippen LogP contribution in [0.2, 0.25) is 4.34 Å². The first-order valence-electron chi connectivity index (χ1n) is 6.39. The average molecular weight is 311 g/mol. The molecule has 0 bridgehead atoms. The fourth-order valence-electron chi connectivity index (χ4n) is 2.13. The predicted molar refractivity (Wildman–Crippen MR) is 80.1 cm³/mol. The van der Waals surface area contributed by atoms with Crippen LogP contribution in [0, 0.1) is 0 Å². The van der Waals surface area contributed by atoms with Crippen molar-refractivity contribution >= 4 is 34.5 Å². The molecule has 1 aliphatic rings. The first kappa shape index (κ1) is 13.5. The Morgan fingerprint density at radius 3 is 2.95 bits per heavy atom. The molecule has 3 N–H and O–H groups in total. The highest BCUT2D eigenvalue weighted by molar-refractivity contribution is 7.16. The molecule has 1 fully saturated rings. The normalized spacial score (nSPS) is 14.5. The van der Waals surface area contributed by atoms with Crippen LogP contribution in [0.3, 0.4) is 0 Å². The van der Waals surface area contributed by atoms with Crippen LogP contribution in [0.1, 0.15) is 39.8 Å². The van der Waals surface area contributed by atoms with Gasteiger partial charge in [-0.15, -0.1) is 11.3 Å². The second kappa shape index (κ2) is 5.10. The van der Waals surface area contributed by atoms with Gasteiger partial charge in [0.05, 0.1) is 22.3 Å². The molecular formula is C13H15ClN4OS. The van der Waals surface area contributed by atoms with Crippen molar-refractivity contribution in [1.29, 1.82) is 0 Å². The van der Waals surface area contributed by atoms with Crippen molar-refractivity contribution in [2.24, 2.45) is 0 Å². The van der Waals surface area contributed by atoms with E-state index in [2.05, 4.69) is 10.2 Å². The molecule has 0 radical (unpaired) electrons. The molecule has 2 heterocycles. The Morgan fingerprint density at radius 2 is 2.35 bits per heavy atom. The Hall–Kier alpha value is -1.53. The highest BCUT2D eigenvalue weighted by Crippen LogP contribution is 2.42. The monoisotopic (exact) mass is 310 g/mol. The molecule has 0 saturated heterocycles. The minimum Gasteiger partial charge on any atom is -0.395 e. The number of rotatable bonds is 4. The maximum absolute atomic E-state index is 12.4. The Balaban J connectivity index is 1.74. The summed E-state index contributed by atoms with van der Waals surface area (Å²) >= 11 is 7.35. The number of aromatic nitrogens is 2. The maximum Gasteiger partial charge on any atom is 0.276 e. The number of nitrogen functional groups attached to an aromatic ring is 1. The lowest BCUT2D eigenvalue weighted by Gasteiger charge is -2.15. The van der Waals surface area contributed by atoms with Crippen LogP contribution >= 0.6 is 22.9 Å². The first-order valence-corrected chi connectivity index (χ1v) is 7.59. The van der Waals surface area contributed by atoms with E-state index >= 15 is 0 Å². The molecule has 0 atom stereocenters. The smallest absolute Gasteiger partial charge is 0.276 e. The van der Waals surface area contributed by atoms with E-state index in [9.17, 15) is 4.79 Å². The van der Waals surface area contributed by atoms with Crippen molar-refractivity contribution in [1.82, 2.24) is 15.1 Å². The molecule has 0 unspecified atom stereocenters. The van der Waals surface area contributed by atoms with Crippen molar-refractivity contribution in [3.63, 3.8) is 0 Å². The molecule has 3 rings (SSSR count). The van der Waals surface area contributed by atoms with E-state index in [0.29, 0.717) is 23.8 Å². The molecule has 0 aliphatic heterocycles. The highest BCUT2D eigenvalue weighted by Gasteiger charge is 2.31. The number of halogens is 1. The van der Waals surface area contributed by atoms with E-state index in [1.807, 2.05) is 12.1 Å². The van der Waals surface area contributed by atoms with Crippen molar-refractivity contribution in [3.05, 3.63) is 32.7 Å². The van der Waals surface area contributed by atoms with Crippen LogP contribution < -0.4 is 5.73 Å². The van der Waals surface area contributed by atoms with Crippen molar-refractivity contribution < 1.29 is 4.79 Å². The zero-order valence-electron chi connectivity index (χ0n) is 11.0. The van der Waals surface area contributed by atoms with Crippen molar-refractivity contribution in [3.8, 4) is 0 Å². The lowest BCUT2D eigenvalue weighted by Crippen LogP contribution is -2.26. The zero-order valence-corrected chi connectivity index (χ0v) is 12.6. The summed E-state index contributed by atoms with van der Waals surface area (Å²) in [5.41, 5.74) is 7.74. The SMILES string of the molecule is CN(Cc1ccc(Cl)s1)C(=O)c1n[nH]c(C2CC2)c1N. The second-order valence-corrected chi connectivity index (χ2v) is 6.84. The van der Waals surface area contributed by atoms with Gasteiger partial charge < -0.3 is 10.6 Å². The van der Waals surface area contributed by atoms with Gasteiger partial charge in [-0.05, 0) is 25.0 Å². The third-order valence-electron chi connectivity index (χ3n) is 3.39. The van der Waals surface area contributed by atoms with E-state index < -0.39 is 0 Å². The Kier molecular flexibility index (Phi) is 3.43. The predicted octanol–water partition coefficient (Wildman–Crippen LogP) is 2.86. The molecule has 0 aromatic carbocycles. The number of anilines is 1. The zero-order chi connectivity index (χ0) is 14.3. The molecular weight excluding hydrogens is 296 g/mol. The number of aromatic amines is 1. The number of nitrogens with one attached hydrogen (secondary N) is 1. The molecule has 0 spiro atoms. The molecule has 20 heavy (non-hydrogen) atoms. The fourth-order valence-corrected chi connectivity index (χ4v) is 3.27. The minimum atomic E-state index is -0.171. The number of carbonyl (C=O) groups is 1. The average Bonchev–Trinajstić information content (AvgIpc) is 3.07. The second-order valence-electron chi connectivity index (χ2n) is 5.04. The van der Waals surface area contributed by atoms with Gasteiger partial charge in [-0.1, -0.05) is 11.6 Å². The van der Waals surface area contributed by atoms with E-state index in [4.69, 9.17) is 17.3 Å². The van der Waals surface area contributed by atoms with Gasteiger partial charge in [-0.2, -0.15) is 5.10 Å². The topological polar surface area (TPSA) is 75.0 Å². The summed E-state index contributed by atoms with van der Waals surface area (Å²) in [6.07, 6.45) is 2.23. The Morgan fingerprint density at radius 1 is 1.60 bits per heavy atom. The van der Waals surface area contributed by atoms with E-state index in [1.165, 1.54) is 11.3 Å². The number of hydrogen-bond acceptors (Lipinski definition) is 4. The molecule has 2 aromatic heterocycles. The van der Waals surface area contributed by atoms with Gasteiger partial charge in [-0.3, -0.25) is 9.89 Å². The molecule has 2 aromatic rings. The lowest BCUT2D eigenvalue weighted by atomic mass is 10.2. The number of amides is 1. The van der Waals surface area contributed by atoms with Crippen molar-refractivity contribution in [2.75, 3.05) is 12.8 Å². The maximum atomic E-state index is 12.4. The quantitative estimate of drug-likeness (QED) is 0.911. The van der Waals surface area contributed by atoms with Gasteiger partial charge in [0.1, 0.15) is 0 Å². The number of thiophene rings is 1. The number of nitrogens with two attached hydrogens (primary N) is 1. The summed E-state index contributed by atoms with van der Waals surface area (Å²) in [5, 5.41) is 6.98. The lowest BCUT2D eigenvalue weighted by molar-refractivity contribution is 0.0781. The van der Waals surface area contributed by atoms with Gasteiger partial charge in [0.2, 0.25) is 0 Å². The van der Waals surface area contributed by atoms with Crippen LogP contribution in [0.15, 0.2) is 12.1 Å². The third kappa shape index (κ3) is 2.53. The van der Waals surface area contributed by atoms with Gasteiger partial charge in [-0.25, -0.2) is 0 Å². The third-order valence-corrected chi connectivity index (χ3v) is 4.61. The summed E-state index contributed by atoms with van der Waals surface area (Å²) in [4.78, 5) is 15.0. The molecule has 1 aliphatic carbocycles. The Bertz CT molecular complexity index is 647. The molecule has 7 heteroatoms. The number of carbonyl (C=O) groups excluding carboxylic acids is 1. The first-order chi connectivity index (χ1) is 9.56. The van der Waals surface area contributed by atoms with Gasteiger partial charge >= 0.3 is 0 Å². The standard InChI is InChI=1S/C13H15ClN4OS/c1-18(6-8-4-5-9(14)20-8)13(19)12-10(15)11(16-17-12)7-2-3-7/h4-5,7H,2-3,6,15H2,1H3,(H,16,17). The summed E-state index contributed by atoms with van der Waals surface area (Å²) in [7, 11) is 1.74. The summed E-state index contributed by atoms with van der Waals surface area (Å²) in [6.45, 7) is 0.501. The van der Waals surface area contributed by atoms with Crippen LogP contribution in [0.5, 0.6) is 0 Å². The minimum absolute atomic E-state index is 0.171. The van der Waals surface area contributed by atoms with E-state index in [1.54, 1.807) is 11.9 Å². The van der Waals surface area contributed by atoms with Gasteiger partial charge in [0, 0.05) is 17.8 Å². The summed E-state index contributed by atoms with van der Waals surface area (Å²) in [5.74, 6) is 0.278. The van der Waals surface area contributed by atoms with Crippen molar-refractivity contribution in [2.45, 2.75) is 25.3 Å². The fraction of sp³-hybridized carbons (Fsp3) is 0.385. The molecule has 1 saturated carbocycles. The van der Waals surface area contributed by atoms with E-state index in [-0.39, 0.29) is 5.91 Å². The largest absolute Gasteiger partial charge is 0.395 e. The number of H-pyrrole nitrogens is 1. The highest BCUT2D eigenvalue weighted by atomic mass is 35.5. The molecule has 1 amide bonds. The van der Waals surface area contributed by atoms with Crippen LogP contribution in [-0.2, 0) is 6.54 Å². The van der Waals surface area contributed by atoms with E-state index in [0.717, 1.165) is 27.7 Å². The van der Waals surface area contributed by atoms with Gasteiger partial charge in [0.25, 0.3) is 5.91 Å². The number of nitrogens with zero attached hydrogens (tertiary/aromatic N) is 2. The molecule has 106 valence electrons. The summed E-state index contributed by atoms with van der Waals surface area (Å²) in [6, 6.07) is 3.74. The van der Waals surface area contributed by atoms with Crippen LogP contribution in [0.4, 0.5) is 5.69 Å². The van der Waals surface area contributed by atoms with Gasteiger partial charge in [0.15, 0.2) is 5.69 Å².